The summed E-state index contributed by atoms with van der Waals surface area (Å²) in [6.45, 7) is 5.81. The number of carbonyl (C=O) groups is 2. The van der Waals surface area contributed by atoms with E-state index in [1.54, 1.807) is 12.1 Å². The van der Waals surface area contributed by atoms with Crippen molar-refractivity contribution >= 4 is 40.0 Å². The number of thiophene rings is 1. The highest BCUT2D eigenvalue weighted by molar-refractivity contribution is 7.17. The number of nitro benzene ring substituents is 1. The van der Waals surface area contributed by atoms with Crippen LogP contribution < -0.4 is 5.32 Å². The van der Waals surface area contributed by atoms with E-state index in [0.29, 0.717) is 28.6 Å². The number of fused-ring (bicyclic) bond motifs is 1. The number of nitro groups is 1. The molecule has 3 rings (SSSR count). The van der Waals surface area contributed by atoms with Gasteiger partial charge in [0.15, 0.2) is 0 Å². The lowest BCUT2D eigenvalue weighted by Crippen LogP contribution is -2.35. The normalized spacial score (nSPS) is 14.0. The molecule has 1 aromatic carbocycles. The Balaban J connectivity index is 1.82. The van der Waals surface area contributed by atoms with Crippen LogP contribution in [0, 0.1) is 10.1 Å². The van der Waals surface area contributed by atoms with Gasteiger partial charge in [0.05, 0.1) is 17.6 Å². The monoisotopic (exact) mass is 429 g/mol. The number of rotatable bonds is 6. The van der Waals surface area contributed by atoms with E-state index < -0.39 is 16.8 Å². The first-order chi connectivity index (χ1) is 14.3. The molecular weight excluding hydrogens is 406 g/mol. The lowest BCUT2D eigenvalue weighted by molar-refractivity contribution is -0.384. The maximum absolute atomic E-state index is 12.5. The molecular formula is C21H23N3O5S. The zero-order valence-electron chi connectivity index (χ0n) is 17.0. The third kappa shape index (κ3) is 4.74. The number of anilines is 1. The number of ether oxygens (including phenoxy) is 1. The first-order valence-electron chi connectivity index (χ1n) is 9.50. The number of methoxy groups -OCH3 is 1. The minimum Gasteiger partial charge on any atom is -0.465 e. The van der Waals surface area contributed by atoms with Crippen molar-refractivity contribution in [3.63, 3.8) is 0 Å². The van der Waals surface area contributed by atoms with Crippen molar-refractivity contribution in [1.82, 2.24) is 4.90 Å². The number of hydrogen-bond donors (Lipinski definition) is 1. The number of non-ortho nitro benzene ring substituents is 1. The molecule has 0 saturated heterocycles. The summed E-state index contributed by atoms with van der Waals surface area (Å²) >= 11 is 1.39. The van der Waals surface area contributed by atoms with E-state index in [1.807, 2.05) is 0 Å². The summed E-state index contributed by atoms with van der Waals surface area (Å²) in [6, 6.07) is 6.38. The van der Waals surface area contributed by atoms with Crippen molar-refractivity contribution in [3.05, 3.63) is 62.0 Å². The van der Waals surface area contributed by atoms with Crippen molar-refractivity contribution in [2.75, 3.05) is 19.0 Å². The molecule has 0 saturated carbocycles. The summed E-state index contributed by atoms with van der Waals surface area (Å²) in [4.78, 5) is 38.6. The number of amides is 1. The number of nitrogens with one attached hydrogen (secondary N) is 1. The Labute approximate surface area is 178 Å². The van der Waals surface area contributed by atoms with Crippen molar-refractivity contribution < 1.29 is 19.2 Å². The molecule has 0 fully saturated rings. The van der Waals surface area contributed by atoms with Crippen LogP contribution in [0.1, 0.15) is 40.2 Å². The van der Waals surface area contributed by atoms with E-state index in [1.165, 1.54) is 42.7 Å². The lowest BCUT2D eigenvalue weighted by Gasteiger charge is -2.30. The fourth-order valence-electron chi connectivity index (χ4n) is 3.34. The van der Waals surface area contributed by atoms with Gasteiger partial charge < -0.3 is 10.1 Å². The third-order valence-electron chi connectivity index (χ3n) is 4.95. The van der Waals surface area contributed by atoms with Crippen LogP contribution in [0.4, 0.5) is 10.7 Å². The van der Waals surface area contributed by atoms with Crippen LogP contribution in [0.15, 0.2) is 30.3 Å². The van der Waals surface area contributed by atoms with Gasteiger partial charge in [-0.15, -0.1) is 11.3 Å². The highest BCUT2D eigenvalue weighted by atomic mass is 32.1. The van der Waals surface area contributed by atoms with Gasteiger partial charge in [-0.2, -0.15) is 0 Å². The summed E-state index contributed by atoms with van der Waals surface area (Å²) < 4.78 is 4.94. The van der Waals surface area contributed by atoms with Gasteiger partial charge in [-0.25, -0.2) is 4.79 Å². The molecule has 0 bridgehead atoms. The highest BCUT2D eigenvalue weighted by Crippen LogP contribution is 2.38. The van der Waals surface area contributed by atoms with Crippen LogP contribution in [0.25, 0.3) is 6.08 Å². The molecule has 1 aromatic heterocycles. The molecule has 8 nitrogen and oxygen atoms in total. The second-order valence-electron chi connectivity index (χ2n) is 7.19. The minimum absolute atomic E-state index is 0.0498. The van der Waals surface area contributed by atoms with Gasteiger partial charge in [0.1, 0.15) is 5.00 Å². The van der Waals surface area contributed by atoms with Gasteiger partial charge in [-0.1, -0.05) is 12.1 Å². The number of esters is 1. The van der Waals surface area contributed by atoms with Crippen molar-refractivity contribution in [2.45, 2.75) is 32.9 Å². The van der Waals surface area contributed by atoms with Crippen molar-refractivity contribution in [1.29, 1.82) is 0 Å². The van der Waals surface area contributed by atoms with Crippen LogP contribution in [-0.4, -0.2) is 41.4 Å². The van der Waals surface area contributed by atoms with Gasteiger partial charge in [0.25, 0.3) is 5.69 Å². The van der Waals surface area contributed by atoms with Crippen LogP contribution in [0.3, 0.4) is 0 Å². The number of benzene rings is 1. The average Bonchev–Trinajstić information content (AvgIpc) is 3.08. The van der Waals surface area contributed by atoms with Gasteiger partial charge >= 0.3 is 5.97 Å². The molecule has 1 aliphatic rings. The minimum atomic E-state index is -0.489. The molecule has 0 spiro atoms. The Morgan fingerprint density at radius 3 is 2.80 bits per heavy atom. The molecule has 1 amide bonds. The Hall–Kier alpha value is -3.04. The topological polar surface area (TPSA) is 102 Å². The summed E-state index contributed by atoms with van der Waals surface area (Å²) in [5, 5.41) is 14.1. The fraction of sp³-hybridized carbons (Fsp3) is 0.333. The third-order valence-corrected chi connectivity index (χ3v) is 6.08. The van der Waals surface area contributed by atoms with E-state index in [0.717, 1.165) is 23.5 Å². The van der Waals surface area contributed by atoms with E-state index in [-0.39, 0.29) is 5.69 Å². The fourth-order valence-corrected chi connectivity index (χ4v) is 4.60. The molecule has 0 aliphatic carbocycles. The van der Waals surface area contributed by atoms with Crippen LogP contribution in [0.2, 0.25) is 0 Å². The quantitative estimate of drug-likeness (QED) is 0.324. The van der Waals surface area contributed by atoms with Crippen LogP contribution >= 0.6 is 11.3 Å². The van der Waals surface area contributed by atoms with Crippen LogP contribution in [-0.2, 0) is 22.5 Å². The summed E-state index contributed by atoms with van der Waals surface area (Å²) in [7, 11) is 1.32. The Kier molecular flexibility index (Phi) is 6.63. The standard InChI is InChI=1S/C21H23N3O5S/c1-13(2)23-10-9-16-17(12-23)30-20(19(16)21(26)29-3)22-18(25)8-7-14-5-4-6-15(11-14)24(27)28/h4-8,11,13H,9-10,12H2,1-3H3,(H,22,25). The zero-order chi connectivity index (χ0) is 21.8. The first-order valence-corrected chi connectivity index (χ1v) is 10.3. The second-order valence-corrected chi connectivity index (χ2v) is 8.29. The Morgan fingerprint density at radius 2 is 2.13 bits per heavy atom. The first kappa shape index (κ1) is 21.7. The van der Waals surface area contributed by atoms with E-state index in [2.05, 4.69) is 24.1 Å². The van der Waals surface area contributed by atoms with Crippen molar-refractivity contribution in [3.8, 4) is 0 Å². The van der Waals surface area contributed by atoms with Gasteiger partial charge in [-0.05, 0) is 37.5 Å². The Bertz CT molecular complexity index is 1010. The maximum Gasteiger partial charge on any atom is 0.341 e. The molecule has 0 atom stereocenters. The number of nitrogens with zero attached hydrogens (tertiary/aromatic N) is 2. The number of carbonyl (C=O) groups excluding carboxylic acids is 2. The summed E-state index contributed by atoms with van der Waals surface area (Å²) in [5.74, 6) is -0.894. The second kappa shape index (κ2) is 9.19. The van der Waals surface area contributed by atoms with E-state index >= 15 is 0 Å². The number of hydrogen-bond acceptors (Lipinski definition) is 7. The van der Waals surface area contributed by atoms with Gasteiger partial charge in [0, 0.05) is 42.2 Å². The van der Waals surface area contributed by atoms with E-state index in [9.17, 15) is 19.7 Å². The Morgan fingerprint density at radius 1 is 1.37 bits per heavy atom. The molecule has 0 unspecified atom stereocenters. The molecule has 1 N–H and O–H groups in total. The predicted octanol–water partition coefficient (Wildman–Crippen LogP) is 3.86. The van der Waals surface area contributed by atoms with E-state index in [4.69, 9.17) is 4.74 Å². The van der Waals surface area contributed by atoms with Gasteiger partial charge in [-0.3, -0.25) is 19.8 Å². The molecule has 30 heavy (non-hydrogen) atoms. The molecule has 158 valence electrons. The maximum atomic E-state index is 12.5. The SMILES string of the molecule is COC(=O)c1c(NC(=O)C=Cc2cccc([N+](=O)[O-])c2)sc2c1CCN(C(C)C)C2. The summed E-state index contributed by atoms with van der Waals surface area (Å²) in [6.07, 6.45) is 3.50. The molecule has 9 heteroatoms. The molecule has 1 aliphatic heterocycles. The smallest absolute Gasteiger partial charge is 0.341 e. The zero-order valence-corrected chi connectivity index (χ0v) is 17.8. The van der Waals surface area contributed by atoms with Crippen LogP contribution in [0.5, 0.6) is 0 Å². The molecule has 2 aromatic rings. The molecule has 0 radical (unpaired) electrons. The van der Waals surface area contributed by atoms with Crippen molar-refractivity contribution in [2.24, 2.45) is 0 Å². The van der Waals surface area contributed by atoms with Gasteiger partial charge in [0.2, 0.25) is 5.91 Å². The molecule has 2 heterocycles. The highest BCUT2D eigenvalue weighted by Gasteiger charge is 2.29. The predicted molar refractivity (Wildman–Crippen MR) is 116 cm³/mol. The average molecular weight is 429 g/mol. The lowest BCUT2D eigenvalue weighted by atomic mass is 10.0. The summed E-state index contributed by atoms with van der Waals surface area (Å²) in [5.41, 5.74) is 1.83. The largest absolute Gasteiger partial charge is 0.465 e.